The normalized spacial score (nSPS) is 12.4. The summed E-state index contributed by atoms with van der Waals surface area (Å²) in [7, 11) is 0. The quantitative estimate of drug-likeness (QED) is 0.384. The second kappa shape index (κ2) is 12.9. The number of unbranched alkanes of at least 4 members (excludes halogenated alkanes) is 7. The Kier molecular flexibility index (Phi) is 12.6. The highest BCUT2D eigenvalue weighted by Crippen LogP contribution is 2.13. The first-order valence-electron chi connectivity index (χ1n) is 7.71. The molecule has 2 nitrogen and oxygen atoms in total. The van der Waals surface area contributed by atoms with Crippen molar-refractivity contribution in [1.82, 2.24) is 0 Å². The first kappa shape index (κ1) is 17.5. The molecule has 0 aliphatic heterocycles. The van der Waals surface area contributed by atoms with Gasteiger partial charge in [0.05, 0.1) is 13.2 Å². The van der Waals surface area contributed by atoms with Gasteiger partial charge in [0.1, 0.15) is 5.76 Å². The maximum Gasteiger partial charge on any atom is 0.102 e. The Morgan fingerprint density at radius 2 is 1.61 bits per heavy atom. The van der Waals surface area contributed by atoms with Gasteiger partial charge >= 0.3 is 0 Å². The van der Waals surface area contributed by atoms with Crippen molar-refractivity contribution in [3.05, 3.63) is 12.3 Å². The highest BCUT2D eigenvalue weighted by Gasteiger charge is 2.03. The van der Waals surface area contributed by atoms with Crippen LogP contribution in [0, 0.1) is 5.92 Å². The molecule has 0 saturated heterocycles. The summed E-state index contributed by atoms with van der Waals surface area (Å²) in [5.41, 5.74) is 5.42. The second-order valence-corrected chi connectivity index (χ2v) is 5.42. The van der Waals surface area contributed by atoms with Crippen molar-refractivity contribution >= 4 is 0 Å². The van der Waals surface area contributed by atoms with Crippen molar-refractivity contribution in [2.75, 3.05) is 13.2 Å². The van der Waals surface area contributed by atoms with Gasteiger partial charge in [-0.1, -0.05) is 71.8 Å². The second-order valence-electron chi connectivity index (χ2n) is 5.42. The third kappa shape index (κ3) is 12.0. The van der Waals surface area contributed by atoms with Crippen LogP contribution >= 0.6 is 0 Å². The summed E-state index contributed by atoms with van der Waals surface area (Å²) in [4.78, 5) is 0. The molecule has 0 amide bonds. The average molecular weight is 255 g/mol. The van der Waals surface area contributed by atoms with Gasteiger partial charge in [-0.3, -0.25) is 0 Å². The van der Waals surface area contributed by atoms with Crippen molar-refractivity contribution in [2.45, 2.75) is 71.6 Å². The Morgan fingerprint density at radius 1 is 1.06 bits per heavy atom. The maximum atomic E-state index is 5.46. The molecule has 0 aromatic heterocycles. The van der Waals surface area contributed by atoms with Crippen LogP contribution in [0.1, 0.15) is 71.6 Å². The molecule has 0 spiro atoms. The van der Waals surface area contributed by atoms with Crippen LogP contribution in [-0.2, 0) is 4.74 Å². The van der Waals surface area contributed by atoms with Gasteiger partial charge in [0.25, 0.3) is 0 Å². The van der Waals surface area contributed by atoms with E-state index in [9.17, 15) is 0 Å². The maximum absolute atomic E-state index is 5.46. The van der Waals surface area contributed by atoms with E-state index < -0.39 is 0 Å². The molecule has 0 saturated carbocycles. The fourth-order valence-electron chi connectivity index (χ4n) is 2.03. The van der Waals surface area contributed by atoms with E-state index in [1.165, 1.54) is 57.8 Å². The Bertz CT molecular complexity index is 192. The molecule has 1 atom stereocenters. The van der Waals surface area contributed by atoms with Crippen molar-refractivity contribution in [3.8, 4) is 0 Å². The highest BCUT2D eigenvalue weighted by molar-refractivity contribution is 4.83. The largest absolute Gasteiger partial charge is 0.497 e. The lowest BCUT2D eigenvalue weighted by Gasteiger charge is -2.13. The lowest BCUT2D eigenvalue weighted by atomic mass is 10.0. The number of hydrogen-bond donors (Lipinski definition) is 1. The minimum atomic E-state index is 0.435. The van der Waals surface area contributed by atoms with Crippen LogP contribution in [0.25, 0.3) is 0 Å². The number of nitrogens with two attached hydrogens (primary N) is 1. The summed E-state index contributed by atoms with van der Waals surface area (Å²) in [6.07, 6.45) is 12.3. The SMILES string of the molecule is C=C(CN)OCC(C)CCCCCCCCCC. The van der Waals surface area contributed by atoms with Gasteiger partial charge in [0.2, 0.25) is 0 Å². The van der Waals surface area contributed by atoms with Crippen molar-refractivity contribution in [3.63, 3.8) is 0 Å². The van der Waals surface area contributed by atoms with Crippen LogP contribution in [0.3, 0.4) is 0 Å². The van der Waals surface area contributed by atoms with Gasteiger partial charge in [-0.05, 0) is 12.3 Å². The van der Waals surface area contributed by atoms with Crippen LogP contribution in [0.2, 0.25) is 0 Å². The molecule has 0 aromatic carbocycles. The van der Waals surface area contributed by atoms with Gasteiger partial charge in [0, 0.05) is 0 Å². The van der Waals surface area contributed by atoms with E-state index in [2.05, 4.69) is 20.4 Å². The van der Waals surface area contributed by atoms with E-state index in [0.717, 1.165) is 6.61 Å². The predicted octanol–water partition coefficient (Wildman–Crippen LogP) is 4.64. The topological polar surface area (TPSA) is 35.2 Å². The molecule has 0 rings (SSSR count). The molecule has 2 N–H and O–H groups in total. The molecule has 1 unspecified atom stereocenters. The van der Waals surface area contributed by atoms with E-state index in [1.807, 2.05) is 0 Å². The van der Waals surface area contributed by atoms with E-state index in [0.29, 0.717) is 18.2 Å². The third-order valence-electron chi connectivity index (χ3n) is 3.35. The fourth-order valence-corrected chi connectivity index (χ4v) is 2.03. The summed E-state index contributed by atoms with van der Waals surface area (Å²) in [6.45, 7) is 9.46. The standard InChI is InChI=1S/C16H33NO/c1-4-5-6-7-8-9-10-11-12-15(2)14-18-16(3)13-17/h15H,3-14,17H2,1-2H3. The van der Waals surface area contributed by atoms with E-state index >= 15 is 0 Å². The molecule has 0 heterocycles. The molecule has 0 radical (unpaired) electrons. The minimum absolute atomic E-state index is 0.435. The summed E-state index contributed by atoms with van der Waals surface area (Å²) in [5.74, 6) is 1.33. The van der Waals surface area contributed by atoms with Crippen LogP contribution in [0.4, 0.5) is 0 Å². The molecule has 0 fully saturated rings. The Morgan fingerprint density at radius 3 is 2.17 bits per heavy atom. The first-order valence-corrected chi connectivity index (χ1v) is 7.71. The Hall–Kier alpha value is -0.500. The molecule has 18 heavy (non-hydrogen) atoms. The zero-order chi connectivity index (χ0) is 13.6. The van der Waals surface area contributed by atoms with Crippen LogP contribution in [-0.4, -0.2) is 13.2 Å². The molecule has 0 aliphatic rings. The third-order valence-corrected chi connectivity index (χ3v) is 3.35. The van der Waals surface area contributed by atoms with Gasteiger partial charge in [-0.25, -0.2) is 0 Å². The van der Waals surface area contributed by atoms with Crippen molar-refractivity contribution in [2.24, 2.45) is 11.7 Å². The van der Waals surface area contributed by atoms with Crippen LogP contribution < -0.4 is 5.73 Å². The van der Waals surface area contributed by atoms with Crippen LogP contribution in [0.15, 0.2) is 12.3 Å². The lowest BCUT2D eigenvalue weighted by molar-refractivity contribution is 0.165. The average Bonchev–Trinajstić information content (AvgIpc) is 2.39. The molecule has 2 heteroatoms. The molecular weight excluding hydrogens is 222 g/mol. The molecule has 0 bridgehead atoms. The molecule has 0 aromatic rings. The molecule has 108 valence electrons. The van der Waals surface area contributed by atoms with Crippen LogP contribution in [0.5, 0.6) is 0 Å². The zero-order valence-corrected chi connectivity index (χ0v) is 12.5. The number of ether oxygens (including phenoxy) is 1. The highest BCUT2D eigenvalue weighted by atomic mass is 16.5. The van der Waals surface area contributed by atoms with E-state index in [-0.39, 0.29) is 0 Å². The summed E-state index contributed by atoms with van der Waals surface area (Å²) >= 11 is 0. The monoisotopic (exact) mass is 255 g/mol. The van der Waals surface area contributed by atoms with E-state index in [1.54, 1.807) is 0 Å². The number of hydrogen-bond acceptors (Lipinski definition) is 2. The summed E-state index contributed by atoms with van der Waals surface area (Å²) in [6, 6.07) is 0. The predicted molar refractivity (Wildman–Crippen MR) is 80.5 cm³/mol. The van der Waals surface area contributed by atoms with E-state index in [4.69, 9.17) is 10.5 Å². The van der Waals surface area contributed by atoms with Gasteiger partial charge in [-0.2, -0.15) is 0 Å². The Labute approximate surface area is 114 Å². The first-order chi connectivity index (χ1) is 8.70. The molecular formula is C16H33NO. The van der Waals surface area contributed by atoms with Gasteiger partial charge in [0.15, 0.2) is 0 Å². The smallest absolute Gasteiger partial charge is 0.102 e. The minimum Gasteiger partial charge on any atom is -0.497 e. The summed E-state index contributed by atoms with van der Waals surface area (Å²) < 4.78 is 5.46. The van der Waals surface area contributed by atoms with Gasteiger partial charge < -0.3 is 10.5 Å². The van der Waals surface area contributed by atoms with Gasteiger partial charge in [-0.15, -0.1) is 0 Å². The lowest BCUT2D eigenvalue weighted by Crippen LogP contribution is -2.10. The van der Waals surface area contributed by atoms with Crippen molar-refractivity contribution < 1.29 is 4.74 Å². The zero-order valence-electron chi connectivity index (χ0n) is 12.5. The van der Waals surface area contributed by atoms with Crippen molar-refractivity contribution in [1.29, 1.82) is 0 Å². The molecule has 0 aliphatic carbocycles. The Balaban J connectivity index is 3.20. The fraction of sp³-hybridized carbons (Fsp3) is 0.875. The summed E-state index contributed by atoms with van der Waals surface area (Å²) in [5, 5.41) is 0. The number of rotatable bonds is 13.